The van der Waals surface area contributed by atoms with Gasteiger partial charge in [0.1, 0.15) is 11.5 Å². The Hall–Kier alpha value is -2.43. The van der Waals surface area contributed by atoms with E-state index in [0.29, 0.717) is 11.7 Å². The largest absolute Gasteiger partial charge is 0.310 e. The van der Waals surface area contributed by atoms with Crippen molar-refractivity contribution in [2.24, 2.45) is 0 Å². The fourth-order valence-corrected chi connectivity index (χ4v) is 3.10. The van der Waals surface area contributed by atoms with Crippen LogP contribution in [0.4, 0.5) is 5.69 Å². The van der Waals surface area contributed by atoms with Crippen LogP contribution in [0.3, 0.4) is 0 Å². The molecule has 24 heavy (non-hydrogen) atoms. The van der Waals surface area contributed by atoms with Crippen LogP contribution in [0.5, 0.6) is 0 Å². The molecule has 5 nitrogen and oxygen atoms in total. The molecule has 1 amide bonds. The highest BCUT2D eigenvalue weighted by atomic mass is 16.2. The molecule has 2 saturated carbocycles. The minimum Gasteiger partial charge on any atom is -0.310 e. The number of carbonyl (C=O) groups excluding carboxylic acids is 1. The van der Waals surface area contributed by atoms with Crippen molar-refractivity contribution in [2.45, 2.75) is 51.0 Å². The van der Waals surface area contributed by atoms with Crippen molar-refractivity contribution in [1.29, 1.82) is 0 Å². The molecule has 1 aromatic carbocycles. The number of nitrogens with one attached hydrogen (secondary N) is 1. The van der Waals surface area contributed by atoms with Crippen LogP contribution in [-0.4, -0.2) is 21.9 Å². The van der Waals surface area contributed by atoms with Gasteiger partial charge in [-0.25, -0.2) is 4.98 Å². The monoisotopic (exact) mass is 323 g/mol. The number of amides is 1. The first-order chi connectivity index (χ1) is 11.6. The van der Waals surface area contributed by atoms with E-state index in [-0.39, 0.29) is 23.2 Å². The summed E-state index contributed by atoms with van der Waals surface area (Å²) in [5.74, 6) is 0.793. The second-order valence-corrected chi connectivity index (χ2v) is 6.89. The number of hydrogen-bond acceptors (Lipinski definition) is 3. The molecule has 124 valence electrons. The maximum atomic E-state index is 13.1. The summed E-state index contributed by atoms with van der Waals surface area (Å²) in [4.78, 5) is 34.1. The molecule has 4 rings (SSSR count). The first-order valence-corrected chi connectivity index (χ1v) is 8.63. The number of H-pyrrole nitrogens is 1. The van der Waals surface area contributed by atoms with Crippen molar-refractivity contribution < 1.29 is 4.79 Å². The number of nitrogens with zero attached hydrogens (tertiary/aromatic N) is 2. The fraction of sp³-hybridized carbons (Fsp3) is 0.421. The Kier molecular flexibility index (Phi) is 3.71. The van der Waals surface area contributed by atoms with E-state index in [1.807, 2.05) is 36.1 Å². The molecule has 0 atom stereocenters. The SMILES string of the molecule is Cc1ccc(N(C(=O)c2cc(=O)[nH]c(C3CC3)n2)C2CCC2)cc1. The third-order valence-electron chi connectivity index (χ3n) is 4.91. The Morgan fingerprint density at radius 3 is 2.46 bits per heavy atom. The molecule has 2 aliphatic carbocycles. The number of aromatic amines is 1. The Morgan fingerprint density at radius 1 is 1.17 bits per heavy atom. The summed E-state index contributed by atoms with van der Waals surface area (Å²) in [6.45, 7) is 2.03. The smallest absolute Gasteiger partial charge is 0.277 e. The van der Waals surface area contributed by atoms with Crippen LogP contribution in [0.2, 0.25) is 0 Å². The van der Waals surface area contributed by atoms with E-state index in [4.69, 9.17) is 0 Å². The topological polar surface area (TPSA) is 66.1 Å². The van der Waals surface area contributed by atoms with E-state index in [1.165, 1.54) is 6.07 Å². The number of benzene rings is 1. The summed E-state index contributed by atoms with van der Waals surface area (Å²) in [7, 11) is 0. The van der Waals surface area contributed by atoms with E-state index >= 15 is 0 Å². The minimum atomic E-state index is -0.243. The zero-order valence-corrected chi connectivity index (χ0v) is 13.8. The fourth-order valence-electron chi connectivity index (χ4n) is 3.10. The van der Waals surface area contributed by atoms with Gasteiger partial charge in [-0.15, -0.1) is 0 Å². The van der Waals surface area contributed by atoms with Gasteiger partial charge in [-0.05, 0) is 51.2 Å². The molecule has 0 spiro atoms. The van der Waals surface area contributed by atoms with Crippen LogP contribution in [0.1, 0.15) is 59.9 Å². The van der Waals surface area contributed by atoms with Gasteiger partial charge in [-0.2, -0.15) is 0 Å². The number of hydrogen-bond donors (Lipinski definition) is 1. The molecule has 0 bridgehead atoms. The molecule has 1 aromatic heterocycles. The van der Waals surface area contributed by atoms with Gasteiger partial charge in [0.2, 0.25) is 0 Å². The number of carbonyl (C=O) groups is 1. The van der Waals surface area contributed by atoms with E-state index in [0.717, 1.165) is 43.4 Å². The molecule has 2 aliphatic rings. The van der Waals surface area contributed by atoms with Crippen molar-refractivity contribution in [3.05, 3.63) is 57.8 Å². The molecular weight excluding hydrogens is 302 g/mol. The molecule has 0 aliphatic heterocycles. The number of anilines is 1. The average Bonchev–Trinajstić information content (AvgIpc) is 3.35. The highest BCUT2D eigenvalue weighted by molar-refractivity contribution is 6.05. The third kappa shape index (κ3) is 2.86. The van der Waals surface area contributed by atoms with Gasteiger partial charge in [0.15, 0.2) is 0 Å². The molecule has 2 fully saturated rings. The van der Waals surface area contributed by atoms with Crippen LogP contribution in [0, 0.1) is 6.92 Å². The number of rotatable bonds is 4. The van der Waals surface area contributed by atoms with Crippen molar-refractivity contribution in [3.63, 3.8) is 0 Å². The summed E-state index contributed by atoms with van der Waals surface area (Å²) >= 11 is 0. The van der Waals surface area contributed by atoms with E-state index in [2.05, 4.69) is 9.97 Å². The second kappa shape index (κ2) is 5.89. The Morgan fingerprint density at radius 2 is 1.88 bits per heavy atom. The van der Waals surface area contributed by atoms with Crippen LogP contribution in [0.25, 0.3) is 0 Å². The molecular formula is C19H21N3O2. The standard InChI is InChI=1S/C19H21N3O2/c1-12-5-9-15(10-6-12)22(14-3-2-4-14)19(24)16-11-17(23)21-18(20-16)13-7-8-13/h5-6,9-11,13-14H,2-4,7-8H2,1H3,(H,20,21,23). The highest BCUT2D eigenvalue weighted by Gasteiger charge is 2.33. The van der Waals surface area contributed by atoms with Crippen LogP contribution < -0.4 is 10.5 Å². The predicted molar refractivity (Wildman–Crippen MR) is 92.5 cm³/mol. The molecule has 1 N–H and O–H groups in total. The van der Waals surface area contributed by atoms with Crippen molar-refractivity contribution in [2.75, 3.05) is 4.90 Å². The van der Waals surface area contributed by atoms with Gasteiger partial charge in [-0.1, -0.05) is 17.7 Å². The van der Waals surface area contributed by atoms with E-state index < -0.39 is 0 Å². The van der Waals surface area contributed by atoms with Crippen molar-refractivity contribution in [1.82, 2.24) is 9.97 Å². The second-order valence-electron chi connectivity index (χ2n) is 6.89. The summed E-state index contributed by atoms with van der Waals surface area (Å²) in [5, 5.41) is 0. The number of aromatic nitrogens is 2. The zero-order valence-electron chi connectivity index (χ0n) is 13.8. The molecule has 1 heterocycles. The normalized spacial score (nSPS) is 17.4. The summed E-state index contributed by atoms with van der Waals surface area (Å²) in [5.41, 5.74) is 2.05. The van der Waals surface area contributed by atoms with Gasteiger partial charge in [0.05, 0.1) is 0 Å². The van der Waals surface area contributed by atoms with Gasteiger partial charge in [0, 0.05) is 23.7 Å². The third-order valence-corrected chi connectivity index (χ3v) is 4.91. The van der Waals surface area contributed by atoms with Crippen molar-refractivity contribution in [3.8, 4) is 0 Å². The Bertz CT molecular complexity index is 817. The lowest BCUT2D eigenvalue weighted by molar-refractivity contribution is 0.0958. The molecule has 2 aromatic rings. The lowest BCUT2D eigenvalue weighted by Gasteiger charge is -2.37. The molecule has 0 saturated heterocycles. The van der Waals surface area contributed by atoms with Gasteiger partial charge < -0.3 is 9.88 Å². The average molecular weight is 323 g/mol. The maximum absolute atomic E-state index is 13.1. The lowest BCUT2D eigenvalue weighted by Crippen LogP contribution is -2.45. The minimum absolute atomic E-state index is 0.170. The molecule has 0 radical (unpaired) electrons. The van der Waals surface area contributed by atoms with Gasteiger partial charge in [0.25, 0.3) is 11.5 Å². The molecule has 0 unspecified atom stereocenters. The summed E-state index contributed by atoms with van der Waals surface area (Å²) in [6.07, 6.45) is 5.20. The first kappa shape index (κ1) is 15.1. The summed E-state index contributed by atoms with van der Waals surface area (Å²) in [6, 6.07) is 9.49. The van der Waals surface area contributed by atoms with Crippen LogP contribution >= 0.6 is 0 Å². The first-order valence-electron chi connectivity index (χ1n) is 8.63. The maximum Gasteiger partial charge on any atom is 0.277 e. The summed E-state index contributed by atoms with van der Waals surface area (Å²) < 4.78 is 0. The van der Waals surface area contributed by atoms with E-state index in [1.54, 1.807) is 0 Å². The van der Waals surface area contributed by atoms with Gasteiger partial charge >= 0.3 is 0 Å². The van der Waals surface area contributed by atoms with Crippen LogP contribution in [0.15, 0.2) is 35.1 Å². The number of aryl methyl sites for hydroxylation is 1. The Balaban J connectivity index is 1.71. The lowest BCUT2D eigenvalue weighted by atomic mass is 9.90. The van der Waals surface area contributed by atoms with E-state index in [9.17, 15) is 9.59 Å². The quantitative estimate of drug-likeness (QED) is 0.940. The van der Waals surface area contributed by atoms with Gasteiger partial charge in [-0.3, -0.25) is 9.59 Å². The van der Waals surface area contributed by atoms with Crippen LogP contribution in [-0.2, 0) is 0 Å². The predicted octanol–water partition coefficient (Wildman–Crippen LogP) is 3.16. The Labute approximate surface area is 140 Å². The zero-order chi connectivity index (χ0) is 16.7. The molecule has 5 heteroatoms. The highest BCUT2D eigenvalue weighted by Crippen LogP contribution is 2.37. The van der Waals surface area contributed by atoms with Crippen molar-refractivity contribution >= 4 is 11.6 Å².